The lowest BCUT2D eigenvalue weighted by atomic mass is 10.0. The Hall–Kier alpha value is -3.66. The first-order valence-corrected chi connectivity index (χ1v) is 14.4. The van der Waals surface area contributed by atoms with Crippen LogP contribution in [0.5, 0.6) is 5.75 Å². The van der Waals surface area contributed by atoms with Crippen LogP contribution < -0.4 is 15.8 Å². The maximum atomic E-state index is 13.1. The molecule has 210 valence electrons. The first kappa shape index (κ1) is 29.3. The fourth-order valence-corrected chi connectivity index (χ4v) is 5.95. The Morgan fingerprint density at radius 3 is 2.80 bits per heavy atom. The number of benzene rings is 1. The predicted octanol–water partition coefficient (Wildman–Crippen LogP) is 5.83. The van der Waals surface area contributed by atoms with Crippen LogP contribution in [0.1, 0.15) is 24.3 Å². The molecule has 0 radical (unpaired) electrons. The highest BCUT2D eigenvalue weighted by atomic mass is 35.5. The number of hydrogen-bond acceptors (Lipinski definition) is 8. The van der Waals surface area contributed by atoms with Gasteiger partial charge < -0.3 is 20.7 Å². The number of ether oxygens (including phenoxy) is 1. The SMILES string of the molecule is C=C(/C=C\C=C/N)COc1ccc(Nc2ncnc3sc4c(c23)CCN(C(=O)C(=C)CN(CC)CC)C4)cc1Cl. The molecular formula is C30H35ClN6O2S. The molecule has 1 aliphatic heterocycles. The summed E-state index contributed by atoms with van der Waals surface area (Å²) in [5, 5.41) is 4.87. The number of halogens is 1. The number of rotatable bonds is 12. The summed E-state index contributed by atoms with van der Waals surface area (Å²) in [5.74, 6) is 1.29. The van der Waals surface area contributed by atoms with Crippen molar-refractivity contribution in [1.82, 2.24) is 19.8 Å². The van der Waals surface area contributed by atoms with Crippen molar-refractivity contribution in [3.05, 3.63) is 88.7 Å². The number of nitrogens with zero attached hydrogens (tertiary/aromatic N) is 4. The largest absolute Gasteiger partial charge is 0.487 e. The van der Waals surface area contributed by atoms with Crippen molar-refractivity contribution in [2.75, 3.05) is 38.1 Å². The smallest absolute Gasteiger partial charge is 0.250 e. The molecular weight excluding hydrogens is 544 g/mol. The van der Waals surface area contributed by atoms with Gasteiger partial charge in [0.1, 0.15) is 29.3 Å². The van der Waals surface area contributed by atoms with Gasteiger partial charge in [-0.2, -0.15) is 0 Å². The number of amides is 1. The molecule has 2 aromatic heterocycles. The Labute approximate surface area is 244 Å². The molecule has 3 N–H and O–H groups in total. The van der Waals surface area contributed by atoms with E-state index < -0.39 is 0 Å². The van der Waals surface area contributed by atoms with Gasteiger partial charge >= 0.3 is 0 Å². The molecule has 0 aliphatic carbocycles. The van der Waals surface area contributed by atoms with E-state index in [1.807, 2.05) is 23.1 Å². The molecule has 4 rings (SSSR count). The van der Waals surface area contributed by atoms with E-state index in [1.54, 1.807) is 35.9 Å². The minimum Gasteiger partial charge on any atom is -0.487 e. The third kappa shape index (κ3) is 6.91. The number of anilines is 2. The van der Waals surface area contributed by atoms with Crippen LogP contribution in [-0.4, -0.2) is 58.5 Å². The number of hydrogen-bond donors (Lipinski definition) is 2. The number of thiophene rings is 1. The zero-order valence-electron chi connectivity index (χ0n) is 23.0. The van der Waals surface area contributed by atoms with Crippen LogP contribution in [0, 0.1) is 0 Å². The zero-order chi connectivity index (χ0) is 28.6. The van der Waals surface area contributed by atoms with Crippen molar-refractivity contribution in [3.8, 4) is 5.75 Å². The van der Waals surface area contributed by atoms with Crippen molar-refractivity contribution in [1.29, 1.82) is 0 Å². The van der Waals surface area contributed by atoms with Gasteiger partial charge in [-0.15, -0.1) is 11.3 Å². The fourth-order valence-electron chi connectivity index (χ4n) is 4.51. The van der Waals surface area contributed by atoms with Crippen LogP contribution in [0.4, 0.5) is 11.5 Å². The Morgan fingerprint density at radius 1 is 1.27 bits per heavy atom. The first-order chi connectivity index (χ1) is 19.3. The number of allylic oxidation sites excluding steroid dienone is 2. The molecule has 0 saturated heterocycles. The van der Waals surface area contributed by atoms with Crippen molar-refractivity contribution in [3.63, 3.8) is 0 Å². The van der Waals surface area contributed by atoms with Crippen LogP contribution >= 0.6 is 22.9 Å². The average Bonchev–Trinajstić information content (AvgIpc) is 3.34. The highest BCUT2D eigenvalue weighted by molar-refractivity contribution is 7.19. The molecule has 1 aromatic carbocycles. The molecule has 1 amide bonds. The number of carbonyl (C=O) groups excluding carboxylic acids is 1. The third-order valence-electron chi connectivity index (χ3n) is 6.70. The third-order valence-corrected chi connectivity index (χ3v) is 8.12. The second kappa shape index (κ2) is 13.6. The molecule has 0 unspecified atom stereocenters. The van der Waals surface area contributed by atoms with E-state index in [2.05, 4.69) is 47.2 Å². The quantitative estimate of drug-likeness (QED) is 0.206. The minimum atomic E-state index is 0.0170. The predicted molar refractivity (Wildman–Crippen MR) is 165 cm³/mol. The fraction of sp³-hybridized carbons (Fsp3) is 0.300. The Balaban J connectivity index is 1.47. The van der Waals surface area contributed by atoms with Gasteiger partial charge in [-0.05, 0) is 61.1 Å². The normalized spacial score (nSPS) is 13.3. The van der Waals surface area contributed by atoms with E-state index in [1.165, 1.54) is 11.8 Å². The van der Waals surface area contributed by atoms with Gasteiger partial charge in [0.2, 0.25) is 0 Å². The standard InChI is InChI=1S/C30H35ClN6O2S/c1-5-36(6-2)16-21(4)30(38)37-14-12-23-26(17-37)40-29-27(23)28(33-19-34-29)35-22-10-11-25(24(31)15-22)39-18-20(3)9-7-8-13-32/h7-11,13,15,19H,3-6,12,14,16-18,32H2,1-2H3,(H,33,34,35)/b9-7-,13-8-. The van der Waals surface area contributed by atoms with Crippen LogP contribution in [-0.2, 0) is 17.8 Å². The van der Waals surface area contributed by atoms with Gasteiger partial charge in [0.15, 0.2) is 0 Å². The van der Waals surface area contributed by atoms with Crippen LogP contribution in [0.2, 0.25) is 5.02 Å². The first-order valence-electron chi connectivity index (χ1n) is 13.2. The molecule has 40 heavy (non-hydrogen) atoms. The lowest BCUT2D eigenvalue weighted by Gasteiger charge is -2.29. The molecule has 0 saturated carbocycles. The summed E-state index contributed by atoms with van der Waals surface area (Å²) in [7, 11) is 0. The molecule has 0 spiro atoms. The van der Waals surface area contributed by atoms with Gasteiger partial charge in [-0.3, -0.25) is 9.69 Å². The van der Waals surface area contributed by atoms with Gasteiger partial charge in [0, 0.05) is 29.2 Å². The summed E-state index contributed by atoms with van der Waals surface area (Å²) in [6.45, 7) is 16.1. The van der Waals surface area contributed by atoms with E-state index in [0.29, 0.717) is 48.4 Å². The highest BCUT2D eigenvalue weighted by Gasteiger charge is 2.27. The average molecular weight is 579 g/mol. The number of carbonyl (C=O) groups is 1. The molecule has 8 nitrogen and oxygen atoms in total. The maximum Gasteiger partial charge on any atom is 0.250 e. The number of nitrogens with one attached hydrogen (secondary N) is 1. The maximum absolute atomic E-state index is 13.1. The monoisotopic (exact) mass is 578 g/mol. The molecule has 1 aliphatic rings. The molecule has 0 bridgehead atoms. The number of nitrogens with two attached hydrogens (primary N) is 1. The highest BCUT2D eigenvalue weighted by Crippen LogP contribution is 2.39. The van der Waals surface area contributed by atoms with Gasteiger partial charge in [-0.25, -0.2) is 9.97 Å². The van der Waals surface area contributed by atoms with E-state index in [4.69, 9.17) is 22.1 Å². The summed E-state index contributed by atoms with van der Waals surface area (Å²) in [6, 6.07) is 5.52. The van der Waals surface area contributed by atoms with E-state index >= 15 is 0 Å². The summed E-state index contributed by atoms with van der Waals surface area (Å²) in [6.07, 6.45) is 9.08. The van der Waals surface area contributed by atoms with Crippen LogP contribution in [0.3, 0.4) is 0 Å². The second-order valence-electron chi connectivity index (χ2n) is 9.41. The molecule has 0 fully saturated rings. The molecule has 10 heteroatoms. The van der Waals surface area contributed by atoms with Crippen molar-refractivity contribution in [2.45, 2.75) is 26.8 Å². The Bertz CT molecular complexity index is 1460. The lowest BCUT2D eigenvalue weighted by molar-refractivity contribution is -0.128. The number of fused-ring (bicyclic) bond motifs is 3. The van der Waals surface area contributed by atoms with Crippen molar-refractivity contribution >= 4 is 50.6 Å². The Morgan fingerprint density at radius 2 is 2.08 bits per heavy atom. The van der Waals surface area contributed by atoms with Gasteiger partial charge in [0.25, 0.3) is 5.91 Å². The van der Waals surface area contributed by atoms with Gasteiger partial charge in [-0.1, -0.05) is 50.8 Å². The number of likely N-dealkylation sites (N-methyl/N-ethyl adjacent to an activating group) is 1. The van der Waals surface area contributed by atoms with Crippen molar-refractivity contribution < 1.29 is 9.53 Å². The zero-order valence-corrected chi connectivity index (χ0v) is 24.5. The van der Waals surface area contributed by atoms with E-state index in [-0.39, 0.29) is 5.91 Å². The van der Waals surface area contributed by atoms with Crippen LogP contribution in [0.15, 0.2) is 73.3 Å². The van der Waals surface area contributed by atoms with Crippen molar-refractivity contribution in [2.24, 2.45) is 5.73 Å². The Kier molecular flexibility index (Phi) is 9.98. The van der Waals surface area contributed by atoms with E-state index in [0.717, 1.165) is 45.9 Å². The summed E-state index contributed by atoms with van der Waals surface area (Å²) in [5.41, 5.74) is 8.71. The molecule has 0 atom stereocenters. The summed E-state index contributed by atoms with van der Waals surface area (Å²) >= 11 is 8.13. The second-order valence-corrected chi connectivity index (χ2v) is 10.9. The van der Waals surface area contributed by atoms with Gasteiger partial charge in [0.05, 0.1) is 17.0 Å². The topological polar surface area (TPSA) is 96.6 Å². The summed E-state index contributed by atoms with van der Waals surface area (Å²) in [4.78, 5) is 28.3. The minimum absolute atomic E-state index is 0.0170. The lowest BCUT2D eigenvalue weighted by Crippen LogP contribution is -2.39. The molecule has 3 heterocycles. The van der Waals surface area contributed by atoms with Crippen LogP contribution in [0.25, 0.3) is 10.2 Å². The van der Waals surface area contributed by atoms with E-state index in [9.17, 15) is 4.79 Å². The summed E-state index contributed by atoms with van der Waals surface area (Å²) < 4.78 is 5.82. The molecule has 3 aromatic rings. The number of aromatic nitrogens is 2.